The Hall–Kier alpha value is -0.100. The van der Waals surface area contributed by atoms with E-state index in [2.05, 4.69) is 63.2 Å². The van der Waals surface area contributed by atoms with E-state index in [1.54, 1.807) is 7.11 Å². The molecule has 0 aliphatic carbocycles. The maximum atomic E-state index is 5.78. The third-order valence-electron chi connectivity index (χ3n) is 2.80. The van der Waals surface area contributed by atoms with Gasteiger partial charge in [0.25, 0.3) is 0 Å². The van der Waals surface area contributed by atoms with Crippen LogP contribution in [0.4, 0.5) is 0 Å². The van der Waals surface area contributed by atoms with Crippen LogP contribution in [0.1, 0.15) is 26.3 Å². The van der Waals surface area contributed by atoms with Crippen LogP contribution in [0.5, 0.6) is 5.75 Å². The molecule has 1 atom stereocenters. The van der Waals surface area contributed by atoms with Gasteiger partial charge >= 0.3 is 0 Å². The molecule has 0 aliphatic heterocycles. The molecule has 3 nitrogen and oxygen atoms in total. The van der Waals surface area contributed by atoms with Crippen LogP contribution >= 0.6 is 31.9 Å². The molecule has 0 bridgehead atoms. The van der Waals surface area contributed by atoms with Crippen molar-refractivity contribution in [2.24, 2.45) is 5.92 Å². The highest BCUT2D eigenvalue weighted by Crippen LogP contribution is 2.35. The summed E-state index contributed by atoms with van der Waals surface area (Å²) in [4.78, 5) is 0. The summed E-state index contributed by atoms with van der Waals surface area (Å²) in [5.74, 6) is 1.47. The van der Waals surface area contributed by atoms with E-state index < -0.39 is 0 Å². The lowest BCUT2D eigenvalue weighted by molar-refractivity contribution is 0.0711. The van der Waals surface area contributed by atoms with Crippen molar-refractivity contribution < 1.29 is 9.47 Å². The van der Waals surface area contributed by atoms with E-state index in [0.717, 1.165) is 27.8 Å². The van der Waals surface area contributed by atoms with Gasteiger partial charge < -0.3 is 14.8 Å². The fourth-order valence-electron chi connectivity index (χ4n) is 1.63. The minimum Gasteiger partial charge on any atom is -0.489 e. The molecule has 1 unspecified atom stereocenters. The van der Waals surface area contributed by atoms with Crippen molar-refractivity contribution in [2.75, 3.05) is 20.3 Å². The van der Waals surface area contributed by atoms with E-state index in [1.807, 2.05) is 6.92 Å². The van der Waals surface area contributed by atoms with E-state index in [4.69, 9.17) is 9.47 Å². The third-order valence-corrected chi connectivity index (χ3v) is 3.98. The first-order chi connectivity index (χ1) is 9.43. The Labute approximate surface area is 138 Å². The number of halogens is 2. The van der Waals surface area contributed by atoms with Gasteiger partial charge in [-0.15, -0.1) is 0 Å². The largest absolute Gasteiger partial charge is 0.489 e. The zero-order chi connectivity index (χ0) is 15.1. The van der Waals surface area contributed by atoms with E-state index >= 15 is 0 Å². The van der Waals surface area contributed by atoms with Gasteiger partial charge in [0.05, 0.1) is 15.0 Å². The maximum absolute atomic E-state index is 5.78. The van der Waals surface area contributed by atoms with Gasteiger partial charge in [-0.1, -0.05) is 13.8 Å². The summed E-state index contributed by atoms with van der Waals surface area (Å²) in [5, 5.41) is 3.43. The second-order valence-corrected chi connectivity index (χ2v) is 6.98. The Balaban J connectivity index is 2.66. The zero-order valence-electron chi connectivity index (χ0n) is 12.5. The average Bonchev–Trinajstić information content (AvgIpc) is 2.37. The van der Waals surface area contributed by atoms with Crippen molar-refractivity contribution in [1.29, 1.82) is 0 Å². The van der Waals surface area contributed by atoms with Crippen LogP contribution in [-0.2, 0) is 11.3 Å². The van der Waals surface area contributed by atoms with Gasteiger partial charge in [0.1, 0.15) is 12.4 Å². The number of ether oxygens (including phenoxy) is 2. The molecule has 5 heteroatoms. The number of hydrogen-bond acceptors (Lipinski definition) is 3. The van der Waals surface area contributed by atoms with Gasteiger partial charge in [0, 0.05) is 13.7 Å². The molecule has 1 aromatic rings. The molecule has 0 spiro atoms. The third kappa shape index (κ3) is 6.12. The Morgan fingerprint density at radius 2 is 1.75 bits per heavy atom. The smallest absolute Gasteiger partial charge is 0.147 e. The van der Waals surface area contributed by atoms with Crippen LogP contribution in [0, 0.1) is 5.92 Å². The summed E-state index contributed by atoms with van der Waals surface area (Å²) in [6.45, 7) is 8.77. The molecule has 20 heavy (non-hydrogen) atoms. The molecule has 0 saturated heterocycles. The Bertz CT molecular complexity index is 401. The number of hydrogen-bond donors (Lipinski definition) is 1. The van der Waals surface area contributed by atoms with Gasteiger partial charge in [-0.2, -0.15) is 0 Å². The van der Waals surface area contributed by atoms with Crippen molar-refractivity contribution in [3.63, 3.8) is 0 Å². The van der Waals surface area contributed by atoms with Crippen LogP contribution in [0.2, 0.25) is 0 Å². The van der Waals surface area contributed by atoms with Crippen molar-refractivity contribution in [3.8, 4) is 5.75 Å². The van der Waals surface area contributed by atoms with E-state index in [0.29, 0.717) is 12.5 Å². The molecule has 0 heterocycles. The summed E-state index contributed by atoms with van der Waals surface area (Å²) < 4.78 is 12.9. The molecule has 0 fully saturated rings. The fourth-order valence-corrected chi connectivity index (χ4v) is 3.14. The summed E-state index contributed by atoms with van der Waals surface area (Å²) in [6.07, 6.45) is 0.0705. The first kappa shape index (κ1) is 18.0. The minimum atomic E-state index is 0.0705. The number of benzene rings is 1. The first-order valence-corrected chi connectivity index (χ1v) is 8.36. The highest BCUT2D eigenvalue weighted by molar-refractivity contribution is 9.11. The van der Waals surface area contributed by atoms with E-state index in [9.17, 15) is 0 Å². The van der Waals surface area contributed by atoms with Gasteiger partial charge in [0.15, 0.2) is 0 Å². The summed E-state index contributed by atoms with van der Waals surface area (Å²) >= 11 is 7.13. The highest BCUT2D eigenvalue weighted by atomic mass is 79.9. The van der Waals surface area contributed by atoms with Gasteiger partial charge in [-0.25, -0.2) is 0 Å². The molecule has 1 rings (SSSR count). The first-order valence-electron chi connectivity index (χ1n) is 6.78. The molecule has 0 aliphatic rings. The summed E-state index contributed by atoms with van der Waals surface area (Å²) in [7, 11) is 1.68. The topological polar surface area (TPSA) is 30.5 Å². The normalized spacial score (nSPS) is 12.8. The molecule has 0 aromatic heterocycles. The standard InChI is InChI=1S/C15H23Br2NO2/c1-10(2)7-18-8-12-5-13(16)15(14(17)6-12)20-9-11(3)19-4/h5-6,10-11,18H,7-9H2,1-4H3. The Morgan fingerprint density at radius 1 is 1.15 bits per heavy atom. The SMILES string of the molecule is COC(C)COc1c(Br)cc(CNCC(C)C)cc1Br. The lowest BCUT2D eigenvalue weighted by atomic mass is 10.2. The maximum Gasteiger partial charge on any atom is 0.147 e. The number of nitrogens with one attached hydrogen (secondary N) is 1. The molecule has 0 amide bonds. The minimum absolute atomic E-state index is 0.0705. The van der Waals surface area contributed by atoms with Crippen LogP contribution in [-0.4, -0.2) is 26.4 Å². The molecule has 114 valence electrons. The molecule has 0 saturated carbocycles. The summed E-state index contributed by atoms with van der Waals surface area (Å²) in [5.41, 5.74) is 1.22. The zero-order valence-corrected chi connectivity index (χ0v) is 15.7. The van der Waals surface area contributed by atoms with Crippen molar-refractivity contribution in [2.45, 2.75) is 33.4 Å². The van der Waals surface area contributed by atoms with Crippen LogP contribution < -0.4 is 10.1 Å². The summed E-state index contributed by atoms with van der Waals surface area (Å²) in [6, 6.07) is 4.18. The molecule has 1 aromatic carbocycles. The monoisotopic (exact) mass is 407 g/mol. The van der Waals surface area contributed by atoms with Gasteiger partial charge in [-0.05, 0) is 68.9 Å². The van der Waals surface area contributed by atoms with Crippen molar-refractivity contribution in [1.82, 2.24) is 5.32 Å². The Kier molecular flexibility index (Phi) is 8.10. The predicted molar refractivity (Wildman–Crippen MR) is 90.4 cm³/mol. The van der Waals surface area contributed by atoms with Gasteiger partial charge in [0.2, 0.25) is 0 Å². The quantitative estimate of drug-likeness (QED) is 0.692. The molecule has 0 radical (unpaired) electrons. The van der Waals surface area contributed by atoms with Crippen molar-refractivity contribution >= 4 is 31.9 Å². The lowest BCUT2D eigenvalue weighted by Crippen LogP contribution is -2.19. The van der Waals surface area contributed by atoms with Gasteiger partial charge in [-0.3, -0.25) is 0 Å². The van der Waals surface area contributed by atoms with Crippen LogP contribution in [0.25, 0.3) is 0 Å². The molecule has 1 N–H and O–H groups in total. The Morgan fingerprint density at radius 3 is 2.25 bits per heavy atom. The average molecular weight is 409 g/mol. The van der Waals surface area contributed by atoms with Crippen molar-refractivity contribution in [3.05, 3.63) is 26.6 Å². The van der Waals surface area contributed by atoms with E-state index in [1.165, 1.54) is 5.56 Å². The highest BCUT2D eigenvalue weighted by Gasteiger charge is 2.11. The second-order valence-electron chi connectivity index (χ2n) is 5.27. The molecular weight excluding hydrogens is 386 g/mol. The van der Waals surface area contributed by atoms with Crippen LogP contribution in [0.15, 0.2) is 21.1 Å². The van der Waals surface area contributed by atoms with Crippen LogP contribution in [0.3, 0.4) is 0 Å². The van der Waals surface area contributed by atoms with E-state index in [-0.39, 0.29) is 6.10 Å². The lowest BCUT2D eigenvalue weighted by Gasteiger charge is -2.15. The predicted octanol–water partition coefficient (Wildman–Crippen LogP) is 4.37. The number of rotatable bonds is 8. The number of methoxy groups -OCH3 is 1. The second kappa shape index (κ2) is 9.03. The fraction of sp³-hybridized carbons (Fsp3) is 0.600. The molecular formula is C15H23Br2NO2.